The molecular weight excluding hydrogens is 258 g/mol. The van der Waals surface area contributed by atoms with Crippen LogP contribution in [0.1, 0.15) is 38.9 Å². The number of benzene rings is 1. The number of nitrogens with zero attached hydrogens (tertiary/aromatic N) is 1. The highest BCUT2D eigenvalue weighted by Crippen LogP contribution is 2.36. The van der Waals surface area contributed by atoms with Crippen molar-refractivity contribution in [3.8, 4) is 5.75 Å². The van der Waals surface area contributed by atoms with Gasteiger partial charge in [-0.2, -0.15) is 0 Å². The second-order valence-electron chi connectivity index (χ2n) is 5.86. The number of amides is 1. The predicted octanol–water partition coefficient (Wildman–Crippen LogP) is 2.87. The van der Waals surface area contributed by atoms with E-state index in [1.165, 1.54) is 0 Å². The van der Waals surface area contributed by atoms with Gasteiger partial charge in [0.05, 0.1) is 18.9 Å². The average molecular weight is 279 g/mol. The Balaban J connectivity index is 2.34. The number of aliphatic hydroxyl groups is 1. The van der Waals surface area contributed by atoms with E-state index in [-0.39, 0.29) is 0 Å². The minimum atomic E-state index is -0.561. The molecule has 2 rings (SSSR count). The molecule has 0 radical (unpaired) electrons. The van der Waals surface area contributed by atoms with Gasteiger partial charge in [0.25, 0.3) is 0 Å². The first-order valence-corrected chi connectivity index (χ1v) is 6.68. The molecule has 1 aliphatic heterocycles. The third-order valence-corrected chi connectivity index (χ3v) is 3.13. The molecule has 1 aromatic carbocycles. The summed E-state index contributed by atoms with van der Waals surface area (Å²) in [6.45, 7) is 5.92. The third kappa shape index (κ3) is 3.04. The van der Waals surface area contributed by atoms with Crippen LogP contribution in [0.2, 0.25) is 0 Å². The van der Waals surface area contributed by atoms with E-state index < -0.39 is 17.8 Å². The lowest BCUT2D eigenvalue weighted by molar-refractivity contribution is 0.0565. The molecule has 0 aliphatic carbocycles. The van der Waals surface area contributed by atoms with Crippen molar-refractivity contribution in [2.75, 3.05) is 18.6 Å². The largest absolute Gasteiger partial charge is 0.497 e. The van der Waals surface area contributed by atoms with Crippen molar-refractivity contribution >= 4 is 11.8 Å². The van der Waals surface area contributed by atoms with Crippen LogP contribution >= 0.6 is 0 Å². The number of carbonyl (C=O) groups excluding carboxylic acids is 1. The fraction of sp³-hybridized carbons (Fsp3) is 0.533. The summed E-state index contributed by atoms with van der Waals surface area (Å²) in [6.07, 6.45) is -0.466. The highest BCUT2D eigenvalue weighted by Gasteiger charge is 2.31. The van der Waals surface area contributed by atoms with Crippen molar-refractivity contribution in [3.63, 3.8) is 0 Å². The van der Waals surface area contributed by atoms with Crippen LogP contribution in [0.3, 0.4) is 0 Å². The van der Waals surface area contributed by atoms with Gasteiger partial charge in [-0.1, -0.05) is 6.07 Å². The van der Waals surface area contributed by atoms with E-state index >= 15 is 0 Å². The minimum absolute atomic E-state index is 0.404. The van der Waals surface area contributed by atoms with Crippen molar-refractivity contribution in [3.05, 3.63) is 23.8 Å². The molecule has 1 unspecified atom stereocenters. The van der Waals surface area contributed by atoms with Crippen LogP contribution < -0.4 is 9.64 Å². The zero-order valence-electron chi connectivity index (χ0n) is 12.3. The molecule has 1 N–H and O–H groups in total. The summed E-state index contributed by atoms with van der Waals surface area (Å²) >= 11 is 0. The maximum atomic E-state index is 12.3. The summed E-state index contributed by atoms with van der Waals surface area (Å²) in [5, 5.41) is 10.0. The molecule has 5 nitrogen and oxygen atoms in total. The molecule has 1 aliphatic rings. The molecule has 5 heteroatoms. The molecule has 20 heavy (non-hydrogen) atoms. The zero-order valence-corrected chi connectivity index (χ0v) is 12.3. The number of methoxy groups -OCH3 is 1. The Hall–Kier alpha value is -1.75. The minimum Gasteiger partial charge on any atom is -0.497 e. The van der Waals surface area contributed by atoms with E-state index in [1.54, 1.807) is 30.2 Å². The first kappa shape index (κ1) is 14.7. The standard InChI is InChI=1S/C15H21NO4/c1-15(2,3)20-14(18)16-8-7-13(17)11-6-5-10(19-4)9-12(11)16/h5-6,9,13,17H,7-8H2,1-4H3. The Morgan fingerprint density at radius 2 is 2.10 bits per heavy atom. The molecule has 0 saturated carbocycles. The smallest absolute Gasteiger partial charge is 0.414 e. The fourth-order valence-corrected chi connectivity index (χ4v) is 2.20. The van der Waals surface area contributed by atoms with Crippen molar-refractivity contribution in [1.82, 2.24) is 0 Å². The Morgan fingerprint density at radius 1 is 1.40 bits per heavy atom. The Bertz CT molecular complexity index is 507. The van der Waals surface area contributed by atoms with E-state index in [1.807, 2.05) is 20.8 Å². The average Bonchev–Trinajstić information content (AvgIpc) is 2.36. The van der Waals surface area contributed by atoms with Crippen LogP contribution in [0.5, 0.6) is 5.75 Å². The van der Waals surface area contributed by atoms with Crippen molar-refractivity contribution in [1.29, 1.82) is 0 Å². The molecule has 0 aromatic heterocycles. The summed E-state index contributed by atoms with van der Waals surface area (Å²) in [7, 11) is 1.57. The van der Waals surface area contributed by atoms with Crippen LogP contribution in [-0.4, -0.2) is 30.5 Å². The van der Waals surface area contributed by atoms with E-state index in [0.29, 0.717) is 24.4 Å². The summed E-state index contributed by atoms with van der Waals surface area (Å²) in [6, 6.07) is 5.32. The number of hydrogen-bond donors (Lipinski definition) is 1. The SMILES string of the molecule is COc1ccc2c(c1)N(C(=O)OC(C)(C)C)CCC2O. The van der Waals surface area contributed by atoms with E-state index in [0.717, 1.165) is 5.56 Å². The van der Waals surface area contributed by atoms with Gasteiger partial charge in [0.2, 0.25) is 0 Å². The molecular formula is C15H21NO4. The summed E-state index contributed by atoms with van der Waals surface area (Å²) in [5.74, 6) is 0.645. The molecule has 0 fully saturated rings. The number of hydrogen-bond acceptors (Lipinski definition) is 4. The van der Waals surface area contributed by atoms with Gasteiger partial charge in [0.15, 0.2) is 0 Å². The first-order valence-electron chi connectivity index (χ1n) is 6.68. The Morgan fingerprint density at radius 3 is 2.70 bits per heavy atom. The number of anilines is 1. The Kier molecular flexibility index (Phi) is 3.90. The molecule has 0 spiro atoms. The van der Waals surface area contributed by atoms with Crippen molar-refractivity contribution < 1.29 is 19.4 Å². The van der Waals surface area contributed by atoms with Crippen LogP contribution in [0.4, 0.5) is 10.5 Å². The molecule has 1 amide bonds. The number of ether oxygens (including phenoxy) is 2. The summed E-state index contributed by atoms with van der Waals surface area (Å²) in [4.78, 5) is 13.8. The normalized spacial score (nSPS) is 18.4. The number of aliphatic hydroxyl groups excluding tert-OH is 1. The number of carbonyl (C=O) groups is 1. The second kappa shape index (κ2) is 5.32. The monoisotopic (exact) mass is 279 g/mol. The maximum absolute atomic E-state index is 12.3. The molecule has 1 heterocycles. The van der Waals surface area contributed by atoms with E-state index in [4.69, 9.17) is 9.47 Å². The number of rotatable bonds is 1. The molecule has 1 aromatic rings. The fourth-order valence-electron chi connectivity index (χ4n) is 2.20. The van der Waals surface area contributed by atoms with Crippen molar-refractivity contribution in [2.45, 2.75) is 38.9 Å². The van der Waals surface area contributed by atoms with Gasteiger partial charge in [-0.25, -0.2) is 4.79 Å². The van der Waals surface area contributed by atoms with Gasteiger partial charge in [-0.05, 0) is 33.3 Å². The molecule has 0 bridgehead atoms. The molecule has 110 valence electrons. The highest BCUT2D eigenvalue weighted by atomic mass is 16.6. The number of fused-ring (bicyclic) bond motifs is 1. The van der Waals surface area contributed by atoms with E-state index in [9.17, 15) is 9.90 Å². The van der Waals surface area contributed by atoms with Crippen LogP contribution in [-0.2, 0) is 4.74 Å². The van der Waals surface area contributed by atoms with Crippen LogP contribution in [0, 0.1) is 0 Å². The van der Waals surface area contributed by atoms with Gasteiger partial charge in [0.1, 0.15) is 11.4 Å². The van der Waals surface area contributed by atoms with Gasteiger partial charge < -0.3 is 14.6 Å². The lowest BCUT2D eigenvalue weighted by atomic mass is 9.99. The lowest BCUT2D eigenvalue weighted by Crippen LogP contribution is -2.40. The third-order valence-electron chi connectivity index (χ3n) is 3.13. The van der Waals surface area contributed by atoms with E-state index in [2.05, 4.69) is 0 Å². The van der Waals surface area contributed by atoms with Gasteiger partial charge in [0, 0.05) is 18.2 Å². The Labute approximate surface area is 119 Å². The lowest BCUT2D eigenvalue weighted by Gasteiger charge is -2.33. The molecule has 1 atom stereocenters. The highest BCUT2D eigenvalue weighted by molar-refractivity contribution is 5.90. The van der Waals surface area contributed by atoms with Crippen LogP contribution in [0.15, 0.2) is 18.2 Å². The van der Waals surface area contributed by atoms with Gasteiger partial charge >= 0.3 is 6.09 Å². The van der Waals surface area contributed by atoms with Gasteiger partial charge in [-0.3, -0.25) is 4.90 Å². The zero-order chi connectivity index (χ0) is 14.9. The predicted molar refractivity (Wildman–Crippen MR) is 76.2 cm³/mol. The molecule has 0 saturated heterocycles. The van der Waals surface area contributed by atoms with Gasteiger partial charge in [-0.15, -0.1) is 0 Å². The second-order valence-corrected chi connectivity index (χ2v) is 5.86. The summed E-state index contributed by atoms with van der Waals surface area (Å²) in [5.41, 5.74) is 0.826. The summed E-state index contributed by atoms with van der Waals surface area (Å²) < 4.78 is 10.6. The topological polar surface area (TPSA) is 59.0 Å². The van der Waals surface area contributed by atoms with Crippen molar-refractivity contribution in [2.24, 2.45) is 0 Å². The maximum Gasteiger partial charge on any atom is 0.414 e. The van der Waals surface area contributed by atoms with Crippen LogP contribution in [0.25, 0.3) is 0 Å². The quantitative estimate of drug-likeness (QED) is 0.858. The first-order chi connectivity index (χ1) is 9.31.